The van der Waals surface area contributed by atoms with Crippen molar-refractivity contribution in [2.45, 2.75) is 78.2 Å². The quantitative estimate of drug-likeness (QED) is 0.480. The topological polar surface area (TPSA) is 115 Å². The molecule has 1 amide bonds. The molecule has 11 heteroatoms. The molecule has 1 fully saturated rings. The number of anilines is 1. The summed E-state index contributed by atoms with van der Waals surface area (Å²) < 4.78 is 31.5. The minimum atomic E-state index is -4.12. The van der Waals surface area contributed by atoms with Gasteiger partial charge in [-0.3, -0.25) is 9.48 Å². The third kappa shape index (κ3) is 5.92. The van der Waals surface area contributed by atoms with E-state index in [0.717, 1.165) is 25.0 Å². The van der Waals surface area contributed by atoms with Crippen LogP contribution < -0.4 is 9.62 Å². The first-order chi connectivity index (χ1) is 17.6. The Morgan fingerprint density at radius 2 is 1.89 bits per heavy atom. The first kappa shape index (κ1) is 27.8. The normalized spacial score (nSPS) is 17.7. The van der Waals surface area contributed by atoms with Gasteiger partial charge in [-0.2, -0.15) is 10.2 Å². The van der Waals surface area contributed by atoms with Crippen molar-refractivity contribution in [1.29, 1.82) is 0 Å². The Kier molecular flexibility index (Phi) is 7.20. The van der Waals surface area contributed by atoms with Gasteiger partial charge in [0.05, 0.1) is 17.0 Å². The van der Waals surface area contributed by atoms with Crippen LogP contribution in [0.15, 0.2) is 35.5 Å². The van der Waals surface area contributed by atoms with Crippen LogP contribution in [0.5, 0.6) is 0 Å². The largest absolute Gasteiger partial charge is 0.350 e. The smallest absolute Gasteiger partial charge is 0.268 e. The van der Waals surface area contributed by atoms with Crippen LogP contribution in [0.25, 0.3) is 5.82 Å². The molecule has 0 aliphatic carbocycles. The number of nitrogens with one attached hydrogen (secondary N) is 1. The maximum atomic E-state index is 13.4. The van der Waals surface area contributed by atoms with Gasteiger partial charge in [-0.05, 0) is 69.6 Å². The fraction of sp³-hybridized carbons (Fsp3) is 0.556. The minimum absolute atomic E-state index is 0.0334. The second-order valence-electron chi connectivity index (χ2n) is 12.3. The monoisotopic (exact) mass is 541 g/mol. The van der Waals surface area contributed by atoms with Gasteiger partial charge >= 0.3 is 0 Å². The van der Waals surface area contributed by atoms with Gasteiger partial charge < -0.3 is 4.90 Å². The van der Waals surface area contributed by atoms with E-state index in [2.05, 4.69) is 56.3 Å². The summed E-state index contributed by atoms with van der Waals surface area (Å²) in [4.78, 5) is 20.4. The maximum Gasteiger partial charge on any atom is 0.268 e. The molecule has 4 heterocycles. The van der Waals surface area contributed by atoms with Crippen molar-refractivity contribution < 1.29 is 13.2 Å². The lowest BCUT2D eigenvalue weighted by Crippen LogP contribution is -2.41. The highest BCUT2D eigenvalue weighted by molar-refractivity contribution is 7.90. The average molecular weight is 542 g/mol. The van der Waals surface area contributed by atoms with Crippen molar-refractivity contribution in [2.24, 2.45) is 18.4 Å². The van der Waals surface area contributed by atoms with Gasteiger partial charge in [0.2, 0.25) is 0 Å². The van der Waals surface area contributed by atoms with E-state index >= 15 is 0 Å². The molecule has 10 nitrogen and oxygen atoms in total. The second-order valence-corrected chi connectivity index (χ2v) is 13.9. The summed E-state index contributed by atoms with van der Waals surface area (Å²) in [7, 11) is -2.49. The summed E-state index contributed by atoms with van der Waals surface area (Å²) >= 11 is 0. The number of hydrogen-bond donors (Lipinski definition) is 1. The lowest BCUT2D eigenvalue weighted by Gasteiger charge is -2.34. The van der Waals surface area contributed by atoms with Gasteiger partial charge in [-0.15, -0.1) is 0 Å². The summed E-state index contributed by atoms with van der Waals surface area (Å²) in [6.07, 6.45) is 6.04. The van der Waals surface area contributed by atoms with Crippen molar-refractivity contribution in [2.75, 3.05) is 11.4 Å². The number of carbonyl (C=O) groups is 1. The standard InChI is InChI=1S/C27H39N7O3S/c1-18-15-27(6,7)33(16-18)24-21(25(35)31-38(36,37)22-17-32(8)29-19(22)2)9-10-23(28-24)34-14-12-20(30-34)11-13-26(3,4)5/h9-10,12,14,17-18H,11,13,15-16H2,1-8H3,(H,31,35)/t18-/m0/s1. The van der Waals surface area contributed by atoms with Crippen LogP contribution in [0.4, 0.5) is 5.82 Å². The summed E-state index contributed by atoms with van der Waals surface area (Å²) in [6, 6.07) is 5.32. The molecule has 0 radical (unpaired) electrons. The Hall–Kier alpha value is -3.21. The third-order valence-electron chi connectivity index (χ3n) is 6.93. The molecule has 1 atom stereocenters. The Morgan fingerprint density at radius 3 is 2.47 bits per heavy atom. The van der Waals surface area contributed by atoms with Gasteiger partial charge in [0.1, 0.15) is 10.7 Å². The van der Waals surface area contributed by atoms with Crippen molar-refractivity contribution in [3.8, 4) is 5.82 Å². The summed E-state index contributed by atoms with van der Waals surface area (Å²) in [5, 5.41) is 8.81. The van der Waals surface area contributed by atoms with Crippen LogP contribution in [-0.4, -0.2) is 51.0 Å². The lowest BCUT2D eigenvalue weighted by molar-refractivity contribution is 0.0981. The van der Waals surface area contributed by atoms with Gasteiger partial charge in [-0.25, -0.2) is 22.8 Å². The summed E-state index contributed by atoms with van der Waals surface area (Å²) in [5.41, 5.74) is 1.42. The molecule has 0 saturated carbocycles. The van der Waals surface area contributed by atoms with Crippen molar-refractivity contribution in [3.05, 3.63) is 47.5 Å². The molecule has 0 spiro atoms. The van der Waals surface area contributed by atoms with Gasteiger partial charge in [0.25, 0.3) is 15.9 Å². The molecule has 1 aliphatic rings. The predicted octanol–water partition coefficient (Wildman–Crippen LogP) is 4.03. The second kappa shape index (κ2) is 9.83. The van der Waals surface area contributed by atoms with E-state index in [9.17, 15) is 13.2 Å². The first-order valence-electron chi connectivity index (χ1n) is 13.0. The molecule has 0 bridgehead atoms. The van der Waals surface area contributed by atoms with Gasteiger partial charge in [0.15, 0.2) is 5.82 Å². The number of rotatable bonds is 7. The molecule has 3 aromatic rings. The minimum Gasteiger partial charge on any atom is -0.350 e. The SMILES string of the molecule is Cc1nn(C)cc1S(=O)(=O)NC(=O)c1ccc(-n2ccc(CCC(C)(C)C)n2)nc1N1C[C@@H](C)CC1(C)C. The van der Waals surface area contributed by atoms with E-state index < -0.39 is 15.9 Å². The molecule has 206 valence electrons. The fourth-order valence-electron chi connectivity index (χ4n) is 5.11. The van der Waals surface area contributed by atoms with Crippen LogP contribution >= 0.6 is 0 Å². The van der Waals surface area contributed by atoms with Crippen LogP contribution in [-0.2, 0) is 23.5 Å². The third-order valence-corrected chi connectivity index (χ3v) is 8.36. The molecule has 1 N–H and O–H groups in total. The van der Waals surface area contributed by atoms with E-state index in [1.165, 1.54) is 10.9 Å². The molecule has 0 unspecified atom stereocenters. The molecule has 1 saturated heterocycles. The van der Waals surface area contributed by atoms with E-state index in [0.29, 0.717) is 29.8 Å². The molecular weight excluding hydrogens is 502 g/mol. The van der Waals surface area contributed by atoms with Crippen LogP contribution in [0.1, 0.15) is 76.1 Å². The molecule has 3 aromatic heterocycles. The molecular formula is C27H39N7O3S. The number of carbonyl (C=O) groups excluding carboxylic acids is 1. The van der Waals surface area contributed by atoms with Crippen molar-refractivity contribution in [1.82, 2.24) is 29.3 Å². The first-order valence-corrected chi connectivity index (χ1v) is 14.4. The number of nitrogens with zero attached hydrogens (tertiary/aromatic N) is 6. The number of sulfonamides is 1. The highest BCUT2D eigenvalue weighted by Crippen LogP contribution is 2.37. The molecule has 38 heavy (non-hydrogen) atoms. The molecule has 0 aromatic carbocycles. The summed E-state index contributed by atoms with van der Waals surface area (Å²) in [5.74, 6) is 0.671. The Labute approximate surface area is 225 Å². The van der Waals surface area contributed by atoms with Crippen molar-refractivity contribution in [3.63, 3.8) is 0 Å². The predicted molar refractivity (Wildman–Crippen MR) is 147 cm³/mol. The van der Waals surface area contributed by atoms with Gasteiger partial charge in [-0.1, -0.05) is 27.7 Å². The lowest BCUT2D eigenvalue weighted by atomic mass is 9.90. The number of aryl methyl sites for hydroxylation is 3. The fourth-order valence-corrected chi connectivity index (χ4v) is 6.29. The highest BCUT2D eigenvalue weighted by atomic mass is 32.2. The molecule has 1 aliphatic heterocycles. The van der Waals surface area contributed by atoms with E-state index in [1.807, 2.05) is 12.3 Å². The van der Waals surface area contributed by atoms with E-state index in [-0.39, 0.29) is 21.4 Å². The molecule has 4 rings (SSSR count). The zero-order valence-electron chi connectivity index (χ0n) is 23.6. The van der Waals surface area contributed by atoms with E-state index in [4.69, 9.17) is 10.1 Å². The van der Waals surface area contributed by atoms with E-state index in [1.54, 1.807) is 30.8 Å². The zero-order chi connectivity index (χ0) is 28.0. The number of pyridine rings is 1. The zero-order valence-corrected chi connectivity index (χ0v) is 24.4. The average Bonchev–Trinajstić information content (AvgIpc) is 3.47. The summed E-state index contributed by atoms with van der Waals surface area (Å²) in [6.45, 7) is 15.3. The van der Waals surface area contributed by atoms with Crippen molar-refractivity contribution >= 4 is 21.7 Å². The van der Waals surface area contributed by atoms with Crippen LogP contribution in [0.3, 0.4) is 0 Å². The highest BCUT2D eigenvalue weighted by Gasteiger charge is 2.39. The maximum absolute atomic E-state index is 13.4. The Bertz CT molecular complexity index is 1450. The van der Waals surface area contributed by atoms with Gasteiger partial charge in [0, 0.05) is 31.5 Å². The Balaban J connectivity index is 1.71. The number of hydrogen-bond acceptors (Lipinski definition) is 7. The number of amides is 1. The van der Waals surface area contributed by atoms with Crippen LogP contribution in [0.2, 0.25) is 0 Å². The number of aromatic nitrogens is 5. The Morgan fingerprint density at radius 1 is 1.18 bits per heavy atom. The van der Waals surface area contributed by atoms with Crippen LogP contribution in [0, 0.1) is 18.3 Å².